The van der Waals surface area contributed by atoms with Gasteiger partial charge in [0.25, 0.3) is 0 Å². The Morgan fingerprint density at radius 2 is 1.89 bits per heavy atom. The third-order valence-electron chi connectivity index (χ3n) is 2.57. The van der Waals surface area contributed by atoms with E-state index >= 15 is 0 Å². The van der Waals surface area contributed by atoms with Crippen molar-refractivity contribution in [2.75, 3.05) is 39.5 Å². The predicted molar refractivity (Wildman–Crippen MR) is 65.0 cm³/mol. The Kier molecular flexibility index (Phi) is 6.31. The van der Waals surface area contributed by atoms with Crippen molar-refractivity contribution in [3.63, 3.8) is 0 Å². The molecule has 0 aromatic carbocycles. The summed E-state index contributed by atoms with van der Waals surface area (Å²) in [5.41, 5.74) is 24.6. The Balaban J connectivity index is 2.39. The summed E-state index contributed by atoms with van der Waals surface area (Å²) in [7, 11) is 0. The van der Waals surface area contributed by atoms with Crippen LogP contribution in [0.2, 0.25) is 0 Å². The van der Waals surface area contributed by atoms with Gasteiger partial charge in [-0.2, -0.15) is 0 Å². The molecule has 0 saturated carbocycles. The number of ether oxygens (including phenoxy) is 2. The molecule has 1 saturated heterocycles. The van der Waals surface area contributed by atoms with E-state index in [0.717, 1.165) is 0 Å². The standard InChI is InChI=1S/C8H13N9O2/c9-15-12-1-7(14-17-11)2-18-4-8(3-13-16-10)5-19-6-8/h7H,1-6H2. The topological polar surface area (TPSA) is 165 Å². The summed E-state index contributed by atoms with van der Waals surface area (Å²) in [6.07, 6.45) is 0. The molecule has 0 radical (unpaired) electrons. The zero-order chi connectivity index (χ0) is 14.0. The van der Waals surface area contributed by atoms with E-state index in [2.05, 4.69) is 30.1 Å². The van der Waals surface area contributed by atoms with Gasteiger partial charge in [-0.3, -0.25) is 0 Å². The highest BCUT2D eigenvalue weighted by molar-refractivity contribution is 4.88. The molecule has 11 heteroatoms. The number of hydrogen-bond donors (Lipinski definition) is 0. The minimum Gasteiger partial charge on any atom is -0.380 e. The van der Waals surface area contributed by atoms with Gasteiger partial charge >= 0.3 is 0 Å². The van der Waals surface area contributed by atoms with Crippen LogP contribution in [0.1, 0.15) is 0 Å². The summed E-state index contributed by atoms with van der Waals surface area (Å²) in [5.74, 6) is 0. The van der Waals surface area contributed by atoms with Crippen LogP contribution in [0.25, 0.3) is 31.3 Å². The van der Waals surface area contributed by atoms with Crippen molar-refractivity contribution in [3.8, 4) is 0 Å². The number of rotatable bonds is 9. The number of azide groups is 3. The maximum Gasteiger partial charge on any atom is 0.0663 e. The van der Waals surface area contributed by atoms with Gasteiger partial charge in [0.2, 0.25) is 0 Å². The monoisotopic (exact) mass is 267 g/mol. The van der Waals surface area contributed by atoms with Crippen molar-refractivity contribution >= 4 is 0 Å². The van der Waals surface area contributed by atoms with Crippen LogP contribution in [0.5, 0.6) is 0 Å². The third-order valence-corrected chi connectivity index (χ3v) is 2.57. The number of nitrogens with zero attached hydrogens (tertiary/aromatic N) is 9. The molecule has 1 atom stereocenters. The van der Waals surface area contributed by atoms with Gasteiger partial charge in [0, 0.05) is 33.2 Å². The molecule has 0 N–H and O–H groups in total. The lowest BCUT2D eigenvalue weighted by Gasteiger charge is -2.40. The van der Waals surface area contributed by atoms with Gasteiger partial charge in [-0.25, -0.2) is 0 Å². The molecule has 1 rings (SSSR count). The molecule has 19 heavy (non-hydrogen) atoms. The lowest BCUT2D eigenvalue weighted by atomic mass is 9.87. The maximum atomic E-state index is 8.36. The third kappa shape index (κ3) is 4.92. The molecule has 1 aliphatic rings. The van der Waals surface area contributed by atoms with Crippen LogP contribution in [0.15, 0.2) is 15.3 Å². The number of hydrogen-bond acceptors (Lipinski definition) is 5. The van der Waals surface area contributed by atoms with Crippen molar-refractivity contribution in [3.05, 3.63) is 31.3 Å². The summed E-state index contributed by atoms with van der Waals surface area (Å²) in [6, 6.07) is -0.543. The molecule has 1 fully saturated rings. The average Bonchev–Trinajstić information content (AvgIpc) is 2.38. The molecule has 0 bridgehead atoms. The van der Waals surface area contributed by atoms with E-state index in [1.807, 2.05) is 0 Å². The van der Waals surface area contributed by atoms with Crippen LogP contribution in [0, 0.1) is 5.41 Å². The second-order valence-electron chi connectivity index (χ2n) is 4.17. The van der Waals surface area contributed by atoms with Crippen LogP contribution < -0.4 is 0 Å². The Morgan fingerprint density at radius 3 is 2.42 bits per heavy atom. The van der Waals surface area contributed by atoms with Crippen LogP contribution in [-0.2, 0) is 9.47 Å². The Bertz CT molecular complexity index is 430. The fraction of sp³-hybridized carbons (Fsp3) is 1.00. The summed E-state index contributed by atoms with van der Waals surface area (Å²) < 4.78 is 10.5. The molecule has 0 aromatic rings. The van der Waals surface area contributed by atoms with E-state index in [9.17, 15) is 0 Å². The van der Waals surface area contributed by atoms with Crippen LogP contribution in [0.4, 0.5) is 0 Å². The van der Waals surface area contributed by atoms with E-state index in [1.54, 1.807) is 0 Å². The van der Waals surface area contributed by atoms with Crippen molar-refractivity contribution in [2.24, 2.45) is 20.8 Å². The Hall–Kier alpha value is -2.15. The smallest absolute Gasteiger partial charge is 0.0663 e. The molecule has 102 valence electrons. The Morgan fingerprint density at radius 1 is 1.16 bits per heavy atom. The van der Waals surface area contributed by atoms with E-state index in [1.165, 1.54) is 0 Å². The predicted octanol–water partition coefficient (Wildman–Crippen LogP) is 2.32. The van der Waals surface area contributed by atoms with Crippen molar-refractivity contribution in [2.45, 2.75) is 6.04 Å². The Labute approximate surface area is 108 Å². The van der Waals surface area contributed by atoms with Gasteiger partial charge in [0.15, 0.2) is 0 Å². The second kappa shape index (κ2) is 8.04. The minimum absolute atomic E-state index is 0.0421. The summed E-state index contributed by atoms with van der Waals surface area (Å²) in [5, 5.41) is 10.3. The van der Waals surface area contributed by atoms with Crippen LogP contribution >= 0.6 is 0 Å². The average molecular weight is 267 g/mol. The van der Waals surface area contributed by atoms with E-state index in [4.69, 9.17) is 26.1 Å². The van der Waals surface area contributed by atoms with Crippen molar-refractivity contribution < 1.29 is 9.47 Å². The molecule has 0 spiro atoms. The van der Waals surface area contributed by atoms with Gasteiger partial charge in [-0.15, -0.1) is 0 Å². The first-order valence-corrected chi connectivity index (χ1v) is 5.48. The molecule has 0 aromatic heterocycles. The summed E-state index contributed by atoms with van der Waals surface area (Å²) in [4.78, 5) is 7.96. The van der Waals surface area contributed by atoms with Gasteiger partial charge in [0.05, 0.1) is 32.5 Å². The molecule has 11 nitrogen and oxygen atoms in total. The first kappa shape index (κ1) is 14.9. The molecule has 1 aliphatic heterocycles. The van der Waals surface area contributed by atoms with E-state index in [-0.39, 0.29) is 18.6 Å². The fourth-order valence-corrected chi connectivity index (χ4v) is 1.53. The zero-order valence-electron chi connectivity index (χ0n) is 10.2. The normalized spacial score (nSPS) is 17.1. The highest BCUT2D eigenvalue weighted by atomic mass is 16.5. The van der Waals surface area contributed by atoms with Crippen molar-refractivity contribution in [1.82, 2.24) is 0 Å². The first-order chi connectivity index (χ1) is 9.26. The van der Waals surface area contributed by atoms with Gasteiger partial charge in [-0.05, 0) is 16.6 Å². The fourth-order valence-electron chi connectivity index (χ4n) is 1.53. The van der Waals surface area contributed by atoms with Gasteiger partial charge in [-0.1, -0.05) is 15.3 Å². The molecule has 1 unspecified atom stereocenters. The summed E-state index contributed by atoms with van der Waals surface area (Å²) in [6.45, 7) is 1.75. The van der Waals surface area contributed by atoms with Gasteiger partial charge in [0.1, 0.15) is 0 Å². The second-order valence-corrected chi connectivity index (χ2v) is 4.17. The van der Waals surface area contributed by atoms with Gasteiger partial charge < -0.3 is 9.47 Å². The largest absolute Gasteiger partial charge is 0.380 e. The minimum atomic E-state index is -0.543. The van der Waals surface area contributed by atoms with Crippen LogP contribution in [0.3, 0.4) is 0 Å². The zero-order valence-corrected chi connectivity index (χ0v) is 10.2. The summed E-state index contributed by atoms with van der Waals surface area (Å²) >= 11 is 0. The molecule has 0 aliphatic carbocycles. The molecular formula is C8H13N9O2. The lowest BCUT2D eigenvalue weighted by molar-refractivity contribution is -0.143. The van der Waals surface area contributed by atoms with Crippen LogP contribution in [-0.4, -0.2) is 45.6 Å². The quantitative estimate of drug-likeness (QED) is 0.355. The first-order valence-electron chi connectivity index (χ1n) is 5.48. The highest BCUT2D eigenvalue weighted by Crippen LogP contribution is 2.28. The molecular weight excluding hydrogens is 254 g/mol. The highest BCUT2D eigenvalue weighted by Gasteiger charge is 2.38. The lowest BCUT2D eigenvalue weighted by Crippen LogP contribution is -2.49. The SMILES string of the molecule is [N-]=[N+]=NCC(COCC1(CN=[N+]=[N-])COC1)N=[N+]=[N-]. The van der Waals surface area contributed by atoms with E-state index < -0.39 is 6.04 Å². The van der Waals surface area contributed by atoms with Crippen molar-refractivity contribution in [1.29, 1.82) is 0 Å². The molecule has 0 amide bonds. The maximum absolute atomic E-state index is 8.36. The molecule has 1 heterocycles. The van der Waals surface area contributed by atoms with E-state index in [0.29, 0.717) is 26.4 Å².